The summed E-state index contributed by atoms with van der Waals surface area (Å²) in [5.41, 5.74) is 3.66. The van der Waals surface area contributed by atoms with E-state index in [1.165, 1.54) is 6.21 Å². The Morgan fingerprint density at radius 3 is 2.81 bits per heavy atom. The summed E-state index contributed by atoms with van der Waals surface area (Å²) in [6, 6.07) is 10.5. The van der Waals surface area contributed by atoms with Crippen molar-refractivity contribution in [2.45, 2.75) is 26.4 Å². The maximum atomic E-state index is 12.1. The molecule has 0 aromatic heterocycles. The summed E-state index contributed by atoms with van der Waals surface area (Å²) in [5.74, 6) is 0.703. The highest BCUT2D eigenvalue weighted by Gasteiger charge is 2.14. The molecule has 1 amide bonds. The van der Waals surface area contributed by atoms with Crippen LogP contribution in [0.4, 0.5) is 0 Å². The third-order valence-electron chi connectivity index (χ3n) is 3.61. The molecule has 0 bridgehead atoms. The molecule has 0 fully saturated rings. The zero-order chi connectivity index (χ0) is 19.1. The molecule has 138 valence electrons. The van der Waals surface area contributed by atoms with Crippen molar-refractivity contribution in [1.29, 1.82) is 0 Å². The van der Waals surface area contributed by atoms with Crippen LogP contribution in [0, 0.1) is 0 Å². The van der Waals surface area contributed by atoms with Crippen molar-refractivity contribution in [3.05, 3.63) is 57.0 Å². The molecule has 0 aliphatic carbocycles. The van der Waals surface area contributed by atoms with E-state index in [9.17, 15) is 4.79 Å². The second kappa shape index (κ2) is 9.59. The maximum absolute atomic E-state index is 12.1. The van der Waals surface area contributed by atoms with E-state index in [-0.39, 0.29) is 12.0 Å². The number of ether oxygens (including phenoxy) is 2. The average Bonchev–Trinajstić information content (AvgIpc) is 2.63. The summed E-state index contributed by atoms with van der Waals surface area (Å²) >= 11 is 9.64. The zero-order valence-electron chi connectivity index (χ0n) is 14.8. The van der Waals surface area contributed by atoms with Crippen molar-refractivity contribution in [2.24, 2.45) is 5.10 Å². The van der Waals surface area contributed by atoms with Crippen LogP contribution in [-0.2, 0) is 0 Å². The van der Waals surface area contributed by atoms with E-state index in [0.29, 0.717) is 27.6 Å². The molecule has 0 radical (unpaired) electrons. The number of hydrogen-bond donors (Lipinski definition) is 1. The van der Waals surface area contributed by atoms with Gasteiger partial charge in [-0.05, 0) is 49.2 Å². The summed E-state index contributed by atoms with van der Waals surface area (Å²) in [6.45, 7) is 3.99. The van der Waals surface area contributed by atoms with Crippen LogP contribution in [0.5, 0.6) is 11.5 Å². The summed E-state index contributed by atoms with van der Waals surface area (Å²) in [5, 5.41) is 4.40. The van der Waals surface area contributed by atoms with Crippen LogP contribution in [0.2, 0.25) is 5.02 Å². The predicted molar refractivity (Wildman–Crippen MR) is 108 cm³/mol. The summed E-state index contributed by atoms with van der Waals surface area (Å²) in [6.07, 6.45) is 2.37. The van der Waals surface area contributed by atoms with Gasteiger partial charge >= 0.3 is 0 Å². The van der Waals surface area contributed by atoms with Crippen molar-refractivity contribution in [1.82, 2.24) is 5.43 Å². The number of amides is 1. The number of hydrazone groups is 1. The van der Waals surface area contributed by atoms with E-state index in [1.807, 2.05) is 19.9 Å². The van der Waals surface area contributed by atoms with Crippen LogP contribution in [0.1, 0.15) is 36.2 Å². The zero-order valence-corrected chi connectivity index (χ0v) is 17.1. The number of benzene rings is 2. The minimum Gasteiger partial charge on any atom is -0.493 e. The Labute approximate surface area is 166 Å². The van der Waals surface area contributed by atoms with E-state index in [1.54, 1.807) is 37.4 Å². The minimum absolute atomic E-state index is 0.0189. The van der Waals surface area contributed by atoms with Gasteiger partial charge in [0.05, 0.1) is 24.5 Å². The van der Waals surface area contributed by atoms with Gasteiger partial charge in [-0.3, -0.25) is 4.79 Å². The highest BCUT2D eigenvalue weighted by atomic mass is 79.9. The van der Waals surface area contributed by atoms with Gasteiger partial charge in [0, 0.05) is 10.0 Å². The number of nitrogens with one attached hydrogen (secondary N) is 1. The van der Waals surface area contributed by atoms with Crippen molar-refractivity contribution < 1.29 is 14.3 Å². The monoisotopic (exact) mass is 438 g/mol. The summed E-state index contributed by atoms with van der Waals surface area (Å²) < 4.78 is 12.0. The highest BCUT2D eigenvalue weighted by molar-refractivity contribution is 9.10. The van der Waals surface area contributed by atoms with Crippen molar-refractivity contribution in [3.8, 4) is 11.5 Å². The van der Waals surface area contributed by atoms with Crippen LogP contribution in [-0.4, -0.2) is 25.3 Å². The topological polar surface area (TPSA) is 59.9 Å². The molecule has 1 N–H and O–H groups in total. The fourth-order valence-electron chi connectivity index (χ4n) is 2.07. The number of carbonyl (C=O) groups is 1. The van der Waals surface area contributed by atoms with Gasteiger partial charge < -0.3 is 9.47 Å². The van der Waals surface area contributed by atoms with E-state index in [2.05, 4.69) is 26.5 Å². The Bertz CT molecular complexity index is 811. The number of rotatable bonds is 7. The quantitative estimate of drug-likeness (QED) is 0.485. The standard InChI is InChI=1S/C19H20BrClN2O3/c1-4-12(2)26-18-16(21)8-13(9-17(18)25-3)11-22-23-19(24)14-6-5-7-15(20)10-14/h5-12H,4H2,1-3H3,(H,23,24)/b22-11-/t12-/m0/s1. The van der Waals surface area contributed by atoms with Gasteiger partial charge in [0.25, 0.3) is 5.91 Å². The number of halogens is 2. The molecule has 0 saturated carbocycles. The van der Waals surface area contributed by atoms with Gasteiger partial charge in [-0.15, -0.1) is 0 Å². The number of nitrogens with zero attached hydrogens (tertiary/aromatic N) is 1. The molecule has 7 heteroatoms. The largest absolute Gasteiger partial charge is 0.493 e. The molecule has 0 unspecified atom stereocenters. The first-order chi connectivity index (χ1) is 12.4. The fraction of sp³-hybridized carbons (Fsp3) is 0.263. The molecule has 0 aliphatic heterocycles. The summed E-state index contributed by atoms with van der Waals surface area (Å²) in [7, 11) is 1.55. The van der Waals surface area contributed by atoms with E-state index >= 15 is 0 Å². The smallest absolute Gasteiger partial charge is 0.271 e. The van der Waals surface area contributed by atoms with Crippen molar-refractivity contribution in [2.75, 3.05) is 7.11 Å². The van der Waals surface area contributed by atoms with E-state index in [4.69, 9.17) is 21.1 Å². The van der Waals surface area contributed by atoms with Crippen molar-refractivity contribution in [3.63, 3.8) is 0 Å². The molecular formula is C19H20BrClN2O3. The van der Waals surface area contributed by atoms with Crippen LogP contribution in [0.25, 0.3) is 0 Å². The normalized spacial score (nSPS) is 12.0. The Hall–Kier alpha value is -2.05. The van der Waals surface area contributed by atoms with Crippen molar-refractivity contribution >= 4 is 39.7 Å². The van der Waals surface area contributed by atoms with E-state index < -0.39 is 0 Å². The number of carbonyl (C=O) groups excluding carboxylic acids is 1. The first-order valence-corrected chi connectivity index (χ1v) is 9.24. The third-order valence-corrected chi connectivity index (χ3v) is 4.39. The molecule has 2 aromatic rings. The second-order valence-corrected chi connectivity index (χ2v) is 6.90. The maximum Gasteiger partial charge on any atom is 0.271 e. The molecule has 26 heavy (non-hydrogen) atoms. The third kappa shape index (κ3) is 5.47. The Morgan fingerprint density at radius 1 is 1.38 bits per heavy atom. The van der Waals surface area contributed by atoms with Gasteiger partial charge in [-0.2, -0.15) is 5.10 Å². The molecule has 0 spiro atoms. The lowest BCUT2D eigenvalue weighted by atomic mass is 10.2. The van der Waals surface area contributed by atoms with Crippen LogP contribution >= 0.6 is 27.5 Å². The van der Waals surface area contributed by atoms with Gasteiger partial charge in [-0.25, -0.2) is 5.43 Å². The van der Waals surface area contributed by atoms with Gasteiger partial charge in [0.2, 0.25) is 0 Å². The van der Waals surface area contributed by atoms with Crippen LogP contribution < -0.4 is 14.9 Å². The van der Waals surface area contributed by atoms with Gasteiger partial charge in [-0.1, -0.05) is 40.5 Å². The number of hydrogen-bond acceptors (Lipinski definition) is 4. The molecule has 2 aromatic carbocycles. The van der Waals surface area contributed by atoms with E-state index in [0.717, 1.165) is 10.9 Å². The number of methoxy groups -OCH3 is 1. The second-order valence-electron chi connectivity index (χ2n) is 5.58. The summed E-state index contributed by atoms with van der Waals surface area (Å²) in [4.78, 5) is 12.1. The Morgan fingerprint density at radius 2 is 2.15 bits per heavy atom. The van der Waals surface area contributed by atoms with Gasteiger partial charge in [0.1, 0.15) is 0 Å². The molecule has 0 heterocycles. The van der Waals surface area contributed by atoms with Gasteiger partial charge in [0.15, 0.2) is 11.5 Å². The Kier molecular flexibility index (Phi) is 7.48. The molecule has 1 atom stereocenters. The minimum atomic E-state index is -0.308. The molecular weight excluding hydrogens is 420 g/mol. The fourth-order valence-corrected chi connectivity index (χ4v) is 2.74. The SMILES string of the molecule is CC[C@H](C)Oc1c(Cl)cc(/C=N\NC(=O)c2cccc(Br)c2)cc1OC. The average molecular weight is 440 g/mol. The first kappa shape index (κ1) is 20.3. The lowest BCUT2D eigenvalue weighted by Gasteiger charge is -2.17. The lowest BCUT2D eigenvalue weighted by molar-refractivity contribution is 0.0955. The van der Waals surface area contributed by atoms with Crippen LogP contribution in [0.3, 0.4) is 0 Å². The van der Waals surface area contributed by atoms with Crippen LogP contribution in [0.15, 0.2) is 46.0 Å². The Balaban J connectivity index is 2.12. The highest BCUT2D eigenvalue weighted by Crippen LogP contribution is 2.37. The molecule has 5 nitrogen and oxygen atoms in total. The molecule has 2 rings (SSSR count). The molecule has 0 saturated heterocycles. The molecule has 0 aliphatic rings. The predicted octanol–water partition coefficient (Wildman–Crippen LogP) is 5.05. The first-order valence-electron chi connectivity index (χ1n) is 8.07. The lowest BCUT2D eigenvalue weighted by Crippen LogP contribution is -2.17.